The van der Waals surface area contributed by atoms with Crippen LogP contribution in [0, 0.1) is 0 Å². The monoisotopic (exact) mass is 410 g/mol. The molecule has 0 unspecified atom stereocenters. The van der Waals surface area contributed by atoms with Crippen molar-refractivity contribution in [2.24, 2.45) is 7.05 Å². The van der Waals surface area contributed by atoms with Crippen LogP contribution in [0.5, 0.6) is 0 Å². The molecule has 0 bridgehead atoms. The van der Waals surface area contributed by atoms with Crippen molar-refractivity contribution < 1.29 is 40.6 Å². The maximum Gasteiger partial charge on any atom is 0.352 e. The lowest BCUT2D eigenvalue weighted by atomic mass is 10.1. The summed E-state index contributed by atoms with van der Waals surface area (Å²) < 4.78 is 14.1. The molecule has 2 aromatic rings. The van der Waals surface area contributed by atoms with Crippen LogP contribution in [0.25, 0.3) is 0 Å². The molecule has 1 heterocycles. The molecule has 0 aliphatic carbocycles. The zero-order valence-corrected chi connectivity index (χ0v) is 16.0. The van der Waals surface area contributed by atoms with Gasteiger partial charge < -0.3 is 26.5 Å². The third kappa shape index (κ3) is 6.70. The Morgan fingerprint density at radius 1 is 1.24 bits per heavy atom. The summed E-state index contributed by atoms with van der Waals surface area (Å²) in [6, 6.07) is 8.91. The molecule has 6 nitrogen and oxygen atoms in total. The van der Waals surface area contributed by atoms with Crippen molar-refractivity contribution in [2.75, 3.05) is 6.61 Å². The van der Waals surface area contributed by atoms with Crippen molar-refractivity contribution in [2.45, 2.75) is 32.4 Å². The molecule has 0 saturated carbocycles. The smallest absolute Gasteiger partial charge is 0.352 e. The number of carbonyl (C=O) groups excluding carboxylic acids is 2. The Balaban J connectivity index is 0.00000312. The van der Waals surface area contributed by atoms with Gasteiger partial charge in [-0.1, -0.05) is 43.7 Å². The van der Waals surface area contributed by atoms with Gasteiger partial charge in [0, 0.05) is 5.56 Å². The molecule has 136 valence electrons. The molecule has 0 aliphatic rings. The van der Waals surface area contributed by atoms with Gasteiger partial charge in [-0.25, -0.2) is 18.7 Å². The van der Waals surface area contributed by atoms with E-state index in [-0.39, 0.29) is 23.5 Å². The van der Waals surface area contributed by atoms with E-state index in [0.29, 0.717) is 12.2 Å². The van der Waals surface area contributed by atoms with Gasteiger partial charge in [-0.2, -0.15) is 0 Å². The Morgan fingerprint density at radius 2 is 1.96 bits per heavy atom. The number of aromatic nitrogens is 2. The standard InChI is InChI=1S/C18H23N2O4.BrH/c1-3-4-12-23-18(22)17(15-8-6-5-7-9-15)24-16(21)13-20-11-10-19(2)14-20;/h5-11,14,17H,3-4,12-13H2,1-2H3;1H/q+1;/p-1/t17-;/m0./s1. The minimum atomic E-state index is -1.04. The number of halogens is 1. The second-order valence-electron chi connectivity index (χ2n) is 5.55. The van der Waals surface area contributed by atoms with E-state index in [9.17, 15) is 9.59 Å². The average Bonchev–Trinajstić information content (AvgIpc) is 2.98. The fourth-order valence-corrected chi connectivity index (χ4v) is 2.19. The van der Waals surface area contributed by atoms with Crippen LogP contribution in [-0.2, 0) is 32.7 Å². The number of esters is 2. The van der Waals surface area contributed by atoms with Crippen LogP contribution in [0.2, 0.25) is 0 Å². The predicted octanol–water partition coefficient (Wildman–Crippen LogP) is -1.06. The van der Waals surface area contributed by atoms with Gasteiger partial charge in [0.15, 0.2) is 6.54 Å². The average molecular weight is 411 g/mol. The number of hydrogen-bond acceptors (Lipinski definition) is 4. The normalized spacial score (nSPS) is 11.3. The highest BCUT2D eigenvalue weighted by Crippen LogP contribution is 2.19. The van der Waals surface area contributed by atoms with Crippen LogP contribution in [0.3, 0.4) is 0 Å². The van der Waals surface area contributed by atoms with Gasteiger partial charge in [0.05, 0.1) is 13.7 Å². The van der Waals surface area contributed by atoms with E-state index in [4.69, 9.17) is 9.47 Å². The Bertz CT molecular complexity index is 673. The van der Waals surface area contributed by atoms with E-state index in [2.05, 4.69) is 0 Å². The minimum absolute atomic E-state index is 0. The molecule has 0 radical (unpaired) electrons. The van der Waals surface area contributed by atoms with Gasteiger partial charge in [0.25, 0.3) is 0 Å². The summed E-state index contributed by atoms with van der Waals surface area (Å²) in [7, 11) is 1.86. The molecule has 0 N–H and O–H groups in total. The molecule has 0 saturated heterocycles. The maximum absolute atomic E-state index is 12.3. The second kappa shape index (κ2) is 10.7. The van der Waals surface area contributed by atoms with Crippen LogP contribution in [0.4, 0.5) is 0 Å². The Kier molecular flexibility index (Phi) is 8.91. The largest absolute Gasteiger partial charge is 1.00 e. The van der Waals surface area contributed by atoms with Gasteiger partial charge in [-0.05, 0) is 6.42 Å². The van der Waals surface area contributed by atoms with Gasteiger partial charge in [0.1, 0.15) is 12.4 Å². The molecule has 1 atom stereocenters. The predicted molar refractivity (Wildman–Crippen MR) is 86.8 cm³/mol. The van der Waals surface area contributed by atoms with Crippen molar-refractivity contribution in [3.05, 3.63) is 54.6 Å². The summed E-state index contributed by atoms with van der Waals surface area (Å²) in [5.74, 6) is -1.03. The van der Waals surface area contributed by atoms with E-state index in [1.807, 2.05) is 30.8 Å². The third-order valence-corrected chi connectivity index (χ3v) is 3.44. The highest BCUT2D eigenvalue weighted by molar-refractivity contribution is 5.80. The molecular formula is C18H23BrN2O4. The zero-order chi connectivity index (χ0) is 17.4. The van der Waals surface area contributed by atoms with Crippen LogP contribution >= 0.6 is 0 Å². The highest BCUT2D eigenvalue weighted by Gasteiger charge is 2.27. The number of hydrogen-bond donors (Lipinski definition) is 0. The summed E-state index contributed by atoms with van der Waals surface area (Å²) in [5.41, 5.74) is 0.602. The van der Waals surface area contributed by atoms with Gasteiger partial charge in [-0.15, -0.1) is 0 Å². The molecule has 0 fully saturated rings. The van der Waals surface area contributed by atoms with Crippen LogP contribution in [0.15, 0.2) is 49.1 Å². The lowest BCUT2D eigenvalue weighted by molar-refractivity contribution is -0.685. The fourth-order valence-electron chi connectivity index (χ4n) is 2.19. The lowest BCUT2D eigenvalue weighted by Gasteiger charge is -2.16. The van der Waals surface area contributed by atoms with Crippen molar-refractivity contribution in [1.29, 1.82) is 0 Å². The molecule has 25 heavy (non-hydrogen) atoms. The SMILES string of the molecule is CCCCOC(=O)[C@@H](OC(=O)C[n+]1ccn(C)c1)c1ccccc1.[Br-]. The van der Waals surface area contributed by atoms with Gasteiger partial charge >= 0.3 is 11.9 Å². The number of nitrogens with zero attached hydrogens (tertiary/aromatic N) is 2. The highest BCUT2D eigenvalue weighted by atomic mass is 79.9. The first-order valence-corrected chi connectivity index (χ1v) is 8.02. The van der Waals surface area contributed by atoms with E-state index < -0.39 is 18.0 Å². The van der Waals surface area contributed by atoms with Crippen LogP contribution < -0.4 is 21.5 Å². The third-order valence-electron chi connectivity index (χ3n) is 3.44. The number of imidazole rings is 1. The first-order chi connectivity index (χ1) is 11.6. The molecule has 1 aromatic carbocycles. The van der Waals surface area contributed by atoms with E-state index >= 15 is 0 Å². The van der Waals surface area contributed by atoms with E-state index in [0.717, 1.165) is 12.8 Å². The molecule has 0 aliphatic heterocycles. The number of benzene rings is 1. The fraction of sp³-hybridized carbons (Fsp3) is 0.389. The van der Waals surface area contributed by atoms with Crippen molar-refractivity contribution in [3.8, 4) is 0 Å². The molecule has 0 spiro atoms. The molecule has 2 rings (SSSR count). The Morgan fingerprint density at radius 3 is 2.56 bits per heavy atom. The zero-order valence-electron chi connectivity index (χ0n) is 14.4. The quantitative estimate of drug-likeness (QED) is 0.316. The summed E-state index contributed by atoms with van der Waals surface area (Å²) >= 11 is 0. The van der Waals surface area contributed by atoms with Crippen molar-refractivity contribution in [3.63, 3.8) is 0 Å². The van der Waals surface area contributed by atoms with Crippen molar-refractivity contribution >= 4 is 11.9 Å². The number of ether oxygens (including phenoxy) is 2. The van der Waals surface area contributed by atoms with E-state index in [1.165, 1.54) is 0 Å². The first kappa shape index (κ1) is 20.9. The molecule has 7 heteroatoms. The Hall–Kier alpha value is -2.15. The summed E-state index contributed by atoms with van der Waals surface area (Å²) in [4.78, 5) is 24.5. The number of aryl methyl sites for hydroxylation is 1. The number of carbonyl (C=O) groups is 2. The van der Waals surface area contributed by atoms with Crippen LogP contribution in [0.1, 0.15) is 31.4 Å². The summed E-state index contributed by atoms with van der Waals surface area (Å²) in [5, 5.41) is 0. The lowest BCUT2D eigenvalue weighted by Crippen LogP contribution is -3.00. The molecular weight excluding hydrogens is 388 g/mol. The Labute approximate surface area is 158 Å². The first-order valence-electron chi connectivity index (χ1n) is 8.02. The van der Waals surface area contributed by atoms with Gasteiger partial charge in [-0.3, -0.25) is 0 Å². The second-order valence-corrected chi connectivity index (χ2v) is 5.55. The summed E-state index contributed by atoms with van der Waals surface area (Å²) in [6.07, 6.45) is 6.01. The molecule has 1 aromatic heterocycles. The minimum Gasteiger partial charge on any atom is -1.00 e. The summed E-state index contributed by atoms with van der Waals surface area (Å²) in [6.45, 7) is 2.37. The van der Waals surface area contributed by atoms with Crippen molar-refractivity contribution in [1.82, 2.24) is 4.57 Å². The molecule has 0 amide bonds. The van der Waals surface area contributed by atoms with Crippen LogP contribution in [-0.4, -0.2) is 23.1 Å². The number of rotatable bonds is 8. The topological polar surface area (TPSA) is 61.4 Å². The van der Waals surface area contributed by atoms with Gasteiger partial charge in [0.2, 0.25) is 12.4 Å². The van der Waals surface area contributed by atoms with E-state index in [1.54, 1.807) is 41.4 Å². The number of unbranched alkanes of at least 4 members (excludes halogenated alkanes) is 1. The maximum atomic E-state index is 12.3.